The first-order valence-corrected chi connectivity index (χ1v) is 5.92. The van der Waals surface area contributed by atoms with Crippen LogP contribution in [0.1, 0.15) is 17.3 Å². The summed E-state index contributed by atoms with van der Waals surface area (Å²) in [4.78, 5) is 16.6. The second-order valence-electron chi connectivity index (χ2n) is 3.99. The van der Waals surface area contributed by atoms with Crippen molar-refractivity contribution in [1.82, 2.24) is 4.98 Å². The Morgan fingerprint density at radius 3 is 2.40 bits per heavy atom. The van der Waals surface area contributed by atoms with Gasteiger partial charge in [-0.25, -0.2) is 13.8 Å². The fourth-order valence-corrected chi connectivity index (χ4v) is 1.79. The average molecular weight is 280 g/mol. The highest BCUT2D eigenvalue weighted by Gasteiger charge is 2.22. The summed E-state index contributed by atoms with van der Waals surface area (Å²) in [6.07, 6.45) is 1.02. The van der Waals surface area contributed by atoms with Crippen molar-refractivity contribution in [2.75, 3.05) is 11.4 Å². The van der Waals surface area contributed by atoms with E-state index in [4.69, 9.17) is 0 Å². The quantitative estimate of drug-likeness (QED) is 0.809. The second-order valence-corrected chi connectivity index (χ2v) is 3.99. The topological polar surface area (TPSA) is 33.2 Å². The summed E-state index contributed by atoms with van der Waals surface area (Å²) in [7, 11) is 0. The van der Waals surface area contributed by atoms with Gasteiger partial charge in [0.15, 0.2) is 5.82 Å². The van der Waals surface area contributed by atoms with Crippen LogP contribution in [0, 0.1) is 17.6 Å². The predicted octanol–water partition coefficient (Wildman–Crippen LogP) is 3.17. The first-order chi connectivity index (χ1) is 9.54. The van der Waals surface area contributed by atoms with Gasteiger partial charge < -0.3 is 4.90 Å². The number of hydrogen-bond donors (Lipinski definition) is 0. The number of pyridine rings is 1. The molecule has 6 heteroatoms. The van der Waals surface area contributed by atoms with Gasteiger partial charge in [-0.05, 0) is 37.3 Å². The highest BCUT2D eigenvalue weighted by molar-refractivity contribution is 6.06. The van der Waals surface area contributed by atoms with Gasteiger partial charge in [0.2, 0.25) is 5.95 Å². The van der Waals surface area contributed by atoms with Crippen molar-refractivity contribution in [3.63, 3.8) is 0 Å². The summed E-state index contributed by atoms with van der Waals surface area (Å²) in [6.45, 7) is 1.91. The van der Waals surface area contributed by atoms with Gasteiger partial charge in [0, 0.05) is 18.4 Å². The van der Waals surface area contributed by atoms with Gasteiger partial charge in [-0.3, -0.25) is 4.79 Å². The number of carbonyl (C=O) groups is 1. The molecular weight excluding hydrogens is 269 g/mol. The van der Waals surface area contributed by atoms with Crippen LogP contribution in [0.5, 0.6) is 0 Å². The number of halogens is 3. The zero-order valence-corrected chi connectivity index (χ0v) is 10.6. The molecule has 0 N–H and O–H groups in total. The van der Waals surface area contributed by atoms with Crippen molar-refractivity contribution < 1.29 is 18.0 Å². The number of hydrogen-bond acceptors (Lipinski definition) is 2. The van der Waals surface area contributed by atoms with E-state index in [9.17, 15) is 18.0 Å². The normalized spacial score (nSPS) is 10.4. The molecule has 2 rings (SSSR count). The third-order valence-corrected chi connectivity index (χ3v) is 2.78. The molecule has 0 radical (unpaired) electrons. The molecule has 1 aromatic heterocycles. The van der Waals surface area contributed by atoms with Crippen LogP contribution in [0.25, 0.3) is 0 Å². The molecule has 0 aliphatic heterocycles. The smallest absolute Gasteiger partial charge is 0.261 e. The molecule has 1 aromatic carbocycles. The first-order valence-electron chi connectivity index (χ1n) is 5.92. The molecule has 1 heterocycles. The molecule has 1 amide bonds. The number of anilines is 1. The van der Waals surface area contributed by atoms with E-state index in [1.54, 1.807) is 6.92 Å². The minimum atomic E-state index is -1.33. The Bertz CT molecular complexity index is 629. The zero-order chi connectivity index (χ0) is 14.7. The number of nitrogens with zero attached hydrogens (tertiary/aromatic N) is 2. The zero-order valence-electron chi connectivity index (χ0n) is 10.6. The molecular formula is C14H11F3N2O. The standard InChI is InChI=1S/C14H11F3N2O/c1-2-19(10-5-3-9(15)4-6-10)14(20)11-7-8-18-13(17)12(11)16/h3-8H,2H2,1H3. The molecule has 0 spiro atoms. The van der Waals surface area contributed by atoms with Gasteiger partial charge in [0.25, 0.3) is 5.91 Å². The summed E-state index contributed by atoms with van der Waals surface area (Å²) in [6, 6.07) is 6.27. The number of benzene rings is 1. The molecule has 104 valence electrons. The maximum atomic E-state index is 13.6. The molecule has 0 saturated heterocycles. The summed E-state index contributed by atoms with van der Waals surface area (Å²) < 4.78 is 39.5. The van der Waals surface area contributed by atoms with Crippen molar-refractivity contribution >= 4 is 11.6 Å². The van der Waals surface area contributed by atoms with Crippen molar-refractivity contribution in [3.05, 3.63) is 59.7 Å². The molecule has 20 heavy (non-hydrogen) atoms. The Kier molecular flexibility index (Phi) is 4.02. The van der Waals surface area contributed by atoms with E-state index in [0.717, 1.165) is 12.3 Å². The van der Waals surface area contributed by atoms with E-state index in [-0.39, 0.29) is 6.54 Å². The van der Waals surface area contributed by atoms with E-state index < -0.39 is 29.1 Å². The molecule has 2 aromatic rings. The van der Waals surface area contributed by atoms with Gasteiger partial charge in [-0.2, -0.15) is 4.39 Å². The Hall–Kier alpha value is -2.37. The van der Waals surface area contributed by atoms with E-state index in [0.29, 0.717) is 5.69 Å². The SMILES string of the molecule is CCN(C(=O)c1ccnc(F)c1F)c1ccc(F)cc1. The van der Waals surface area contributed by atoms with E-state index in [2.05, 4.69) is 4.98 Å². The minimum absolute atomic E-state index is 0.230. The van der Waals surface area contributed by atoms with Crippen LogP contribution in [0.15, 0.2) is 36.5 Å². The van der Waals surface area contributed by atoms with Crippen LogP contribution < -0.4 is 4.90 Å². The highest BCUT2D eigenvalue weighted by Crippen LogP contribution is 2.19. The fraction of sp³-hybridized carbons (Fsp3) is 0.143. The highest BCUT2D eigenvalue weighted by atomic mass is 19.2. The number of amides is 1. The third-order valence-electron chi connectivity index (χ3n) is 2.78. The third kappa shape index (κ3) is 2.64. The maximum Gasteiger partial charge on any atom is 0.261 e. The van der Waals surface area contributed by atoms with Crippen molar-refractivity contribution in [3.8, 4) is 0 Å². The fourth-order valence-electron chi connectivity index (χ4n) is 1.79. The summed E-state index contributed by atoms with van der Waals surface area (Å²) in [5.74, 6) is -3.78. The maximum absolute atomic E-state index is 13.6. The molecule has 0 bridgehead atoms. The lowest BCUT2D eigenvalue weighted by atomic mass is 10.2. The van der Waals surface area contributed by atoms with E-state index in [1.807, 2.05) is 0 Å². The van der Waals surface area contributed by atoms with E-state index >= 15 is 0 Å². The average Bonchev–Trinajstić information content (AvgIpc) is 2.44. The van der Waals surface area contributed by atoms with Crippen LogP contribution >= 0.6 is 0 Å². The van der Waals surface area contributed by atoms with Crippen LogP contribution in [0.4, 0.5) is 18.9 Å². The number of carbonyl (C=O) groups excluding carboxylic acids is 1. The van der Waals surface area contributed by atoms with Gasteiger partial charge in [0.05, 0.1) is 5.56 Å². The summed E-state index contributed by atoms with van der Waals surface area (Å²) >= 11 is 0. The monoisotopic (exact) mass is 280 g/mol. The number of rotatable bonds is 3. The van der Waals surface area contributed by atoms with Crippen LogP contribution in [-0.2, 0) is 0 Å². The van der Waals surface area contributed by atoms with Crippen LogP contribution in [-0.4, -0.2) is 17.4 Å². The Balaban J connectivity index is 2.39. The molecule has 0 fully saturated rings. The molecule has 0 atom stereocenters. The number of aromatic nitrogens is 1. The Morgan fingerprint density at radius 1 is 1.15 bits per heavy atom. The lowest BCUT2D eigenvalue weighted by molar-refractivity contribution is 0.0983. The predicted molar refractivity (Wildman–Crippen MR) is 67.9 cm³/mol. The lowest BCUT2D eigenvalue weighted by Crippen LogP contribution is -2.31. The van der Waals surface area contributed by atoms with Gasteiger partial charge in [0.1, 0.15) is 5.82 Å². The second kappa shape index (κ2) is 5.73. The lowest BCUT2D eigenvalue weighted by Gasteiger charge is -2.21. The molecule has 3 nitrogen and oxygen atoms in total. The Labute approximate surface area is 113 Å². The largest absolute Gasteiger partial charge is 0.309 e. The van der Waals surface area contributed by atoms with Crippen molar-refractivity contribution in [1.29, 1.82) is 0 Å². The molecule has 0 saturated carbocycles. The van der Waals surface area contributed by atoms with Gasteiger partial charge >= 0.3 is 0 Å². The molecule has 0 aliphatic rings. The van der Waals surface area contributed by atoms with Crippen molar-refractivity contribution in [2.45, 2.75) is 6.92 Å². The van der Waals surface area contributed by atoms with E-state index in [1.165, 1.54) is 29.2 Å². The summed E-state index contributed by atoms with van der Waals surface area (Å²) in [5, 5.41) is 0. The van der Waals surface area contributed by atoms with Crippen molar-refractivity contribution in [2.24, 2.45) is 0 Å². The van der Waals surface area contributed by atoms with Gasteiger partial charge in [-0.15, -0.1) is 0 Å². The summed E-state index contributed by atoms with van der Waals surface area (Å²) in [5.41, 5.74) is -0.0146. The molecule has 0 aliphatic carbocycles. The Morgan fingerprint density at radius 2 is 1.80 bits per heavy atom. The van der Waals surface area contributed by atoms with Crippen LogP contribution in [0.2, 0.25) is 0 Å². The van der Waals surface area contributed by atoms with Gasteiger partial charge in [-0.1, -0.05) is 0 Å². The van der Waals surface area contributed by atoms with Crippen LogP contribution in [0.3, 0.4) is 0 Å². The minimum Gasteiger partial charge on any atom is -0.309 e. The molecule has 0 unspecified atom stereocenters. The first kappa shape index (κ1) is 14.0.